The number of nitrogens with one attached hydrogen (secondary N) is 1. The van der Waals surface area contributed by atoms with Crippen molar-refractivity contribution in [1.29, 1.82) is 0 Å². The molecule has 1 aliphatic rings. The number of fused-ring (bicyclic) bond motifs is 3. The first kappa shape index (κ1) is 21.9. The molecule has 3 aromatic carbocycles. The molecule has 0 aromatic heterocycles. The van der Waals surface area contributed by atoms with Crippen LogP contribution >= 0.6 is 0 Å². The van der Waals surface area contributed by atoms with E-state index in [-0.39, 0.29) is 12.0 Å². The summed E-state index contributed by atoms with van der Waals surface area (Å²) in [4.78, 5) is 12.2. The second-order valence-electron chi connectivity index (χ2n) is 8.78. The van der Waals surface area contributed by atoms with E-state index in [9.17, 15) is 4.79 Å². The minimum absolute atomic E-state index is 0.0895. The summed E-state index contributed by atoms with van der Waals surface area (Å²) in [6.45, 7) is 5.37. The third-order valence-corrected chi connectivity index (χ3v) is 5.86. The van der Waals surface area contributed by atoms with Crippen molar-refractivity contribution in [3.05, 3.63) is 101 Å². The van der Waals surface area contributed by atoms with Gasteiger partial charge in [-0.2, -0.15) is 0 Å². The van der Waals surface area contributed by atoms with E-state index in [0.717, 1.165) is 12.8 Å². The predicted octanol–water partition coefficient (Wildman–Crippen LogP) is 6.83. The zero-order valence-corrected chi connectivity index (χ0v) is 18.9. The van der Waals surface area contributed by atoms with Crippen LogP contribution in [0.3, 0.4) is 0 Å². The number of carbonyl (C=O) groups excluding carboxylic acids is 1. The molecule has 0 saturated heterocycles. The van der Waals surface area contributed by atoms with Crippen LogP contribution in [-0.4, -0.2) is 19.2 Å². The third kappa shape index (κ3) is 5.28. The van der Waals surface area contributed by atoms with Crippen molar-refractivity contribution in [2.75, 3.05) is 13.2 Å². The third-order valence-electron chi connectivity index (χ3n) is 5.86. The average Bonchev–Trinajstić information content (AvgIpc) is 3.12. The molecular weight excluding hydrogens is 394 g/mol. The summed E-state index contributed by atoms with van der Waals surface area (Å²) in [5.41, 5.74) is 7.47. The van der Waals surface area contributed by atoms with Crippen LogP contribution in [0, 0.1) is 5.92 Å². The van der Waals surface area contributed by atoms with Crippen LogP contribution in [0.15, 0.2) is 78.9 Å². The molecule has 3 heteroatoms. The van der Waals surface area contributed by atoms with Gasteiger partial charge >= 0.3 is 6.09 Å². The second kappa shape index (κ2) is 10.3. The van der Waals surface area contributed by atoms with Gasteiger partial charge < -0.3 is 10.1 Å². The largest absolute Gasteiger partial charge is 0.449 e. The molecule has 4 rings (SSSR count). The molecule has 164 valence electrons. The Bertz CT molecular complexity index is 1040. The van der Waals surface area contributed by atoms with Gasteiger partial charge in [0, 0.05) is 12.5 Å². The summed E-state index contributed by atoms with van der Waals surface area (Å²) in [5.74, 6) is 0.757. The SMILES string of the molecule is CC(C)Cc1ccc(C=CCCNC(=O)OCC2c3ccccc3-c3ccccc32)cc1. The van der Waals surface area contributed by atoms with E-state index < -0.39 is 0 Å². The van der Waals surface area contributed by atoms with Crippen LogP contribution in [0.1, 0.15) is 48.4 Å². The molecule has 32 heavy (non-hydrogen) atoms. The number of hydrogen-bond acceptors (Lipinski definition) is 2. The van der Waals surface area contributed by atoms with Crippen molar-refractivity contribution >= 4 is 12.2 Å². The Morgan fingerprint density at radius 2 is 1.56 bits per heavy atom. The quantitative estimate of drug-likeness (QED) is 0.402. The Kier molecular flexibility index (Phi) is 7.06. The van der Waals surface area contributed by atoms with Gasteiger partial charge in [-0.25, -0.2) is 4.79 Å². The molecule has 3 nitrogen and oxygen atoms in total. The summed E-state index contributed by atoms with van der Waals surface area (Å²) in [7, 11) is 0. The summed E-state index contributed by atoms with van der Waals surface area (Å²) in [6, 6.07) is 25.4. The van der Waals surface area contributed by atoms with Crippen molar-refractivity contribution in [1.82, 2.24) is 5.32 Å². The molecule has 1 aliphatic carbocycles. The lowest BCUT2D eigenvalue weighted by Gasteiger charge is -2.14. The lowest BCUT2D eigenvalue weighted by atomic mass is 9.98. The van der Waals surface area contributed by atoms with Crippen LogP contribution in [0.5, 0.6) is 0 Å². The van der Waals surface area contributed by atoms with Gasteiger partial charge in [0.25, 0.3) is 0 Å². The second-order valence-corrected chi connectivity index (χ2v) is 8.78. The minimum atomic E-state index is -0.363. The maximum atomic E-state index is 12.2. The Hall–Kier alpha value is -3.33. The number of carbonyl (C=O) groups is 1. The first-order valence-corrected chi connectivity index (χ1v) is 11.5. The highest BCUT2D eigenvalue weighted by Gasteiger charge is 2.28. The molecular formula is C29H31NO2. The highest BCUT2D eigenvalue weighted by molar-refractivity contribution is 5.79. The van der Waals surface area contributed by atoms with Gasteiger partial charge in [-0.1, -0.05) is 98.8 Å². The van der Waals surface area contributed by atoms with Crippen molar-refractivity contribution in [2.45, 2.75) is 32.6 Å². The summed E-state index contributed by atoms with van der Waals surface area (Å²) in [5, 5.41) is 2.86. The van der Waals surface area contributed by atoms with E-state index in [4.69, 9.17) is 4.74 Å². The highest BCUT2D eigenvalue weighted by atomic mass is 16.5. The maximum Gasteiger partial charge on any atom is 0.407 e. The first-order chi connectivity index (χ1) is 15.6. The summed E-state index contributed by atoms with van der Waals surface area (Å²) >= 11 is 0. The topological polar surface area (TPSA) is 38.3 Å². The average molecular weight is 426 g/mol. The van der Waals surface area contributed by atoms with E-state index in [1.165, 1.54) is 33.4 Å². The molecule has 0 unspecified atom stereocenters. The van der Waals surface area contributed by atoms with Crippen LogP contribution in [0.2, 0.25) is 0 Å². The molecule has 0 aliphatic heterocycles. The maximum absolute atomic E-state index is 12.2. The fourth-order valence-electron chi connectivity index (χ4n) is 4.36. The van der Waals surface area contributed by atoms with Gasteiger partial charge in [-0.15, -0.1) is 0 Å². The first-order valence-electron chi connectivity index (χ1n) is 11.5. The Morgan fingerprint density at radius 1 is 0.938 bits per heavy atom. The summed E-state index contributed by atoms with van der Waals surface area (Å²) in [6.07, 6.45) is 5.68. The zero-order chi connectivity index (χ0) is 22.3. The molecule has 1 amide bonds. The summed E-state index contributed by atoms with van der Waals surface area (Å²) < 4.78 is 5.58. The number of hydrogen-bond donors (Lipinski definition) is 1. The Balaban J connectivity index is 1.23. The van der Waals surface area contributed by atoms with Gasteiger partial charge in [0.1, 0.15) is 6.61 Å². The van der Waals surface area contributed by atoms with Gasteiger partial charge in [-0.3, -0.25) is 0 Å². The van der Waals surface area contributed by atoms with E-state index in [1.54, 1.807) is 0 Å². The van der Waals surface area contributed by atoms with E-state index in [0.29, 0.717) is 19.1 Å². The smallest absolute Gasteiger partial charge is 0.407 e. The molecule has 0 atom stereocenters. The van der Waals surface area contributed by atoms with Crippen LogP contribution in [0.25, 0.3) is 17.2 Å². The number of rotatable bonds is 8. The molecule has 0 bridgehead atoms. The molecule has 0 heterocycles. The molecule has 1 N–H and O–H groups in total. The predicted molar refractivity (Wildman–Crippen MR) is 132 cm³/mol. The molecule has 0 spiro atoms. The van der Waals surface area contributed by atoms with Crippen LogP contribution < -0.4 is 5.32 Å². The normalized spacial score (nSPS) is 12.7. The van der Waals surface area contributed by atoms with Crippen molar-refractivity contribution in [3.63, 3.8) is 0 Å². The monoisotopic (exact) mass is 425 g/mol. The minimum Gasteiger partial charge on any atom is -0.449 e. The van der Waals surface area contributed by atoms with Crippen molar-refractivity contribution < 1.29 is 9.53 Å². The standard InChI is InChI=1S/C29H31NO2/c1-21(2)19-23-16-14-22(15-17-23)9-7-8-18-30-29(31)32-20-28-26-12-5-3-10-24(26)25-11-4-6-13-27(25)28/h3-7,9-17,21,28H,8,18-20H2,1-2H3,(H,30,31). The number of alkyl carbamates (subject to hydrolysis) is 1. The van der Waals surface area contributed by atoms with E-state index in [2.05, 4.69) is 92.0 Å². The number of amides is 1. The number of ether oxygens (including phenoxy) is 1. The Morgan fingerprint density at radius 3 is 2.19 bits per heavy atom. The van der Waals surface area contributed by atoms with E-state index >= 15 is 0 Å². The van der Waals surface area contributed by atoms with Crippen LogP contribution in [0.4, 0.5) is 4.79 Å². The van der Waals surface area contributed by atoms with Gasteiger partial charge in [0.2, 0.25) is 0 Å². The van der Waals surface area contributed by atoms with Gasteiger partial charge in [0.05, 0.1) is 0 Å². The van der Waals surface area contributed by atoms with Crippen molar-refractivity contribution in [2.24, 2.45) is 5.92 Å². The lowest BCUT2D eigenvalue weighted by molar-refractivity contribution is 0.143. The number of benzene rings is 3. The highest BCUT2D eigenvalue weighted by Crippen LogP contribution is 2.44. The van der Waals surface area contributed by atoms with Crippen LogP contribution in [-0.2, 0) is 11.2 Å². The molecule has 3 aromatic rings. The Labute approximate surface area is 191 Å². The lowest BCUT2D eigenvalue weighted by Crippen LogP contribution is -2.26. The molecule has 0 saturated carbocycles. The van der Waals surface area contributed by atoms with E-state index in [1.807, 2.05) is 12.1 Å². The fourth-order valence-corrected chi connectivity index (χ4v) is 4.36. The van der Waals surface area contributed by atoms with Crippen molar-refractivity contribution in [3.8, 4) is 11.1 Å². The fraction of sp³-hybridized carbons (Fsp3) is 0.276. The van der Waals surface area contributed by atoms with Gasteiger partial charge in [0.15, 0.2) is 0 Å². The zero-order valence-electron chi connectivity index (χ0n) is 18.9. The molecule has 0 radical (unpaired) electrons. The van der Waals surface area contributed by atoms with Gasteiger partial charge in [-0.05, 0) is 52.1 Å². The molecule has 0 fully saturated rings.